The summed E-state index contributed by atoms with van der Waals surface area (Å²) in [6, 6.07) is 0. The average molecular weight is 276 g/mol. The first kappa shape index (κ1) is 13.3. The van der Waals surface area contributed by atoms with E-state index in [0.29, 0.717) is 17.0 Å². The standard InChI is InChI=1S/C14H20N4O2/c1-14(19,10-6-4-3-5-7-10)18-9-17-11-12(18)15-8-16-13(11)20-2/h8-10,19H,3-7H2,1-2H3. The fraction of sp³-hybridized carbons (Fsp3) is 0.643. The molecule has 108 valence electrons. The van der Waals surface area contributed by atoms with Crippen LogP contribution in [0.4, 0.5) is 0 Å². The molecule has 1 aliphatic carbocycles. The van der Waals surface area contributed by atoms with E-state index in [1.165, 1.54) is 25.6 Å². The van der Waals surface area contributed by atoms with Crippen LogP contribution in [0.2, 0.25) is 0 Å². The van der Waals surface area contributed by atoms with Crippen LogP contribution in [0.15, 0.2) is 12.7 Å². The van der Waals surface area contributed by atoms with E-state index in [4.69, 9.17) is 4.74 Å². The third-order valence-corrected chi connectivity index (χ3v) is 4.36. The van der Waals surface area contributed by atoms with Crippen LogP contribution in [-0.2, 0) is 5.72 Å². The van der Waals surface area contributed by atoms with Gasteiger partial charge in [0.15, 0.2) is 11.2 Å². The lowest BCUT2D eigenvalue weighted by atomic mass is 9.82. The van der Waals surface area contributed by atoms with Gasteiger partial charge in [-0.2, -0.15) is 4.98 Å². The Labute approximate surface area is 117 Å². The lowest BCUT2D eigenvalue weighted by Crippen LogP contribution is -2.39. The zero-order valence-corrected chi connectivity index (χ0v) is 11.9. The normalized spacial score (nSPS) is 19.9. The first-order chi connectivity index (χ1) is 9.64. The summed E-state index contributed by atoms with van der Waals surface area (Å²) < 4.78 is 6.94. The van der Waals surface area contributed by atoms with Crippen molar-refractivity contribution in [2.75, 3.05) is 7.11 Å². The summed E-state index contributed by atoms with van der Waals surface area (Å²) in [6.45, 7) is 1.85. The van der Waals surface area contributed by atoms with E-state index >= 15 is 0 Å². The van der Waals surface area contributed by atoms with Crippen molar-refractivity contribution in [3.05, 3.63) is 12.7 Å². The molecule has 2 aromatic rings. The molecule has 0 aliphatic heterocycles. The van der Waals surface area contributed by atoms with Gasteiger partial charge in [0.25, 0.3) is 0 Å². The van der Waals surface area contributed by atoms with Crippen LogP contribution in [0.1, 0.15) is 39.0 Å². The topological polar surface area (TPSA) is 73.1 Å². The average Bonchev–Trinajstić information content (AvgIpc) is 2.92. The fourth-order valence-electron chi connectivity index (χ4n) is 3.14. The van der Waals surface area contributed by atoms with E-state index in [9.17, 15) is 5.11 Å². The molecule has 1 unspecified atom stereocenters. The molecule has 0 aromatic carbocycles. The Balaban J connectivity index is 2.04. The van der Waals surface area contributed by atoms with Gasteiger partial charge in [-0.3, -0.25) is 4.57 Å². The summed E-state index contributed by atoms with van der Waals surface area (Å²) in [5.41, 5.74) is 0.229. The number of methoxy groups -OCH3 is 1. The van der Waals surface area contributed by atoms with Crippen LogP contribution >= 0.6 is 0 Å². The Morgan fingerprint density at radius 3 is 2.70 bits per heavy atom. The Hall–Kier alpha value is -1.69. The Morgan fingerprint density at radius 1 is 1.25 bits per heavy atom. The van der Waals surface area contributed by atoms with Crippen molar-refractivity contribution in [3.8, 4) is 5.88 Å². The number of ether oxygens (including phenoxy) is 1. The van der Waals surface area contributed by atoms with Gasteiger partial charge in [0, 0.05) is 5.92 Å². The summed E-state index contributed by atoms with van der Waals surface area (Å²) in [7, 11) is 1.56. The van der Waals surface area contributed by atoms with E-state index < -0.39 is 5.72 Å². The first-order valence-corrected chi connectivity index (χ1v) is 7.09. The van der Waals surface area contributed by atoms with E-state index in [2.05, 4.69) is 15.0 Å². The maximum atomic E-state index is 11.0. The van der Waals surface area contributed by atoms with E-state index in [0.717, 1.165) is 12.8 Å². The van der Waals surface area contributed by atoms with Gasteiger partial charge in [-0.15, -0.1) is 0 Å². The monoisotopic (exact) mass is 276 g/mol. The highest BCUT2D eigenvalue weighted by Gasteiger charge is 2.36. The Morgan fingerprint density at radius 2 is 2.00 bits per heavy atom. The molecule has 0 spiro atoms. The number of aromatic nitrogens is 4. The molecule has 1 saturated carbocycles. The van der Waals surface area contributed by atoms with Crippen LogP contribution < -0.4 is 4.74 Å². The molecule has 6 nitrogen and oxygen atoms in total. The summed E-state index contributed by atoms with van der Waals surface area (Å²) in [5, 5.41) is 11.0. The van der Waals surface area contributed by atoms with Crippen LogP contribution in [-0.4, -0.2) is 31.7 Å². The number of fused-ring (bicyclic) bond motifs is 1. The predicted octanol–water partition coefficient (Wildman–Crippen LogP) is 2.08. The van der Waals surface area contributed by atoms with Crippen LogP contribution in [0.25, 0.3) is 11.2 Å². The minimum atomic E-state index is -0.978. The molecule has 1 fully saturated rings. The minimum absolute atomic E-state index is 0.231. The van der Waals surface area contributed by atoms with Crippen molar-refractivity contribution in [2.24, 2.45) is 5.92 Å². The van der Waals surface area contributed by atoms with Crippen LogP contribution in [0.3, 0.4) is 0 Å². The van der Waals surface area contributed by atoms with Crippen LogP contribution in [0.5, 0.6) is 5.88 Å². The van der Waals surface area contributed by atoms with Crippen molar-refractivity contribution < 1.29 is 9.84 Å². The quantitative estimate of drug-likeness (QED) is 0.929. The van der Waals surface area contributed by atoms with Gasteiger partial charge >= 0.3 is 0 Å². The van der Waals surface area contributed by atoms with Gasteiger partial charge in [0.2, 0.25) is 5.88 Å². The van der Waals surface area contributed by atoms with E-state index in [1.807, 2.05) is 6.92 Å². The molecule has 0 saturated heterocycles. The third kappa shape index (κ3) is 2.04. The van der Waals surface area contributed by atoms with E-state index in [-0.39, 0.29) is 5.92 Å². The second-order valence-corrected chi connectivity index (χ2v) is 5.60. The zero-order valence-electron chi connectivity index (χ0n) is 11.9. The summed E-state index contributed by atoms with van der Waals surface area (Å²) in [5.74, 6) is 0.669. The van der Waals surface area contributed by atoms with Gasteiger partial charge in [0.1, 0.15) is 12.1 Å². The molecule has 6 heteroatoms. The maximum absolute atomic E-state index is 11.0. The molecule has 1 aliphatic rings. The molecule has 1 N–H and O–H groups in total. The molecule has 20 heavy (non-hydrogen) atoms. The van der Waals surface area contributed by atoms with Crippen molar-refractivity contribution in [1.29, 1.82) is 0 Å². The van der Waals surface area contributed by atoms with Crippen molar-refractivity contribution in [2.45, 2.75) is 44.8 Å². The SMILES string of the molecule is COc1ncnc2c1ncn2C(C)(O)C1CCCCC1. The summed E-state index contributed by atoms with van der Waals surface area (Å²) >= 11 is 0. The zero-order chi connectivity index (χ0) is 14.2. The number of hydrogen-bond acceptors (Lipinski definition) is 5. The largest absolute Gasteiger partial charge is 0.479 e. The molecule has 2 heterocycles. The molecular formula is C14H20N4O2. The molecule has 2 aromatic heterocycles. The highest BCUT2D eigenvalue weighted by atomic mass is 16.5. The van der Waals surface area contributed by atoms with Gasteiger partial charge < -0.3 is 9.84 Å². The fourth-order valence-corrected chi connectivity index (χ4v) is 3.14. The second kappa shape index (κ2) is 5.01. The lowest BCUT2D eigenvalue weighted by molar-refractivity contribution is -0.0837. The summed E-state index contributed by atoms with van der Waals surface area (Å²) in [4.78, 5) is 12.6. The Bertz CT molecular complexity index is 602. The van der Waals surface area contributed by atoms with Gasteiger partial charge in [-0.25, -0.2) is 9.97 Å². The van der Waals surface area contributed by atoms with Gasteiger partial charge in [-0.05, 0) is 19.8 Å². The first-order valence-electron chi connectivity index (χ1n) is 7.09. The van der Waals surface area contributed by atoms with Crippen molar-refractivity contribution in [3.63, 3.8) is 0 Å². The maximum Gasteiger partial charge on any atom is 0.245 e. The number of imidazole rings is 1. The summed E-state index contributed by atoms with van der Waals surface area (Å²) in [6.07, 6.45) is 8.75. The number of aliphatic hydroxyl groups is 1. The molecule has 3 rings (SSSR count). The molecule has 1 atom stereocenters. The number of rotatable bonds is 3. The molecule has 0 bridgehead atoms. The molecular weight excluding hydrogens is 256 g/mol. The minimum Gasteiger partial charge on any atom is -0.479 e. The predicted molar refractivity (Wildman–Crippen MR) is 74.3 cm³/mol. The van der Waals surface area contributed by atoms with Gasteiger partial charge in [-0.1, -0.05) is 19.3 Å². The second-order valence-electron chi connectivity index (χ2n) is 5.60. The molecule has 0 radical (unpaired) electrons. The number of hydrogen-bond donors (Lipinski definition) is 1. The van der Waals surface area contributed by atoms with Gasteiger partial charge in [0.05, 0.1) is 13.4 Å². The van der Waals surface area contributed by atoms with Crippen LogP contribution in [0, 0.1) is 5.92 Å². The lowest BCUT2D eigenvalue weighted by Gasteiger charge is -2.36. The van der Waals surface area contributed by atoms with E-state index in [1.54, 1.807) is 18.0 Å². The highest BCUT2D eigenvalue weighted by molar-refractivity contribution is 5.76. The Kier molecular flexibility index (Phi) is 3.33. The number of nitrogens with zero attached hydrogens (tertiary/aromatic N) is 4. The van der Waals surface area contributed by atoms with Crippen molar-refractivity contribution in [1.82, 2.24) is 19.5 Å². The smallest absolute Gasteiger partial charge is 0.245 e. The van der Waals surface area contributed by atoms with Crippen molar-refractivity contribution >= 4 is 11.2 Å². The molecule has 0 amide bonds. The third-order valence-electron chi connectivity index (χ3n) is 4.36. The highest BCUT2D eigenvalue weighted by Crippen LogP contribution is 2.37.